The van der Waals surface area contributed by atoms with Crippen LogP contribution in [0.25, 0.3) is 11.1 Å². The zero-order chi connectivity index (χ0) is 17.1. The van der Waals surface area contributed by atoms with E-state index < -0.39 is 11.6 Å². The topological polar surface area (TPSA) is 12.5 Å². The molecule has 1 aliphatic rings. The van der Waals surface area contributed by atoms with Crippen molar-refractivity contribution in [2.75, 3.05) is 20.2 Å². The Labute approximate surface area is 142 Å². The fourth-order valence-electron chi connectivity index (χ4n) is 3.31. The molecule has 0 unspecified atom stereocenters. The van der Waals surface area contributed by atoms with Gasteiger partial charge in [-0.15, -0.1) is 0 Å². The van der Waals surface area contributed by atoms with Crippen LogP contribution in [0, 0.1) is 11.6 Å². The number of hydrogen-bond donors (Lipinski definition) is 0. The predicted octanol–water partition coefficient (Wildman–Crippen LogP) is 4.80. The fourth-order valence-corrected chi connectivity index (χ4v) is 3.31. The van der Waals surface area contributed by atoms with Crippen molar-refractivity contribution in [2.45, 2.75) is 31.9 Å². The molecule has 2 aromatic rings. The van der Waals surface area contributed by atoms with E-state index in [1.165, 1.54) is 12.1 Å². The normalized spacial score (nSPS) is 21.2. The van der Waals surface area contributed by atoms with Crippen molar-refractivity contribution < 1.29 is 13.5 Å². The lowest BCUT2D eigenvalue weighted by atomic mass is 9.94. The maximum atomic E-state index is 13.5. The van der Waals surface area contributed by atoms with Crippen LogP contribution < -0.4 is 0 Å². The van der Waals surface area contributed by atoms with E-state index in [0.717, 1.165) is 43.2 Å². The van der Waals surface area contributed by atoms with Crippen LogP contribution in [-0.4, -0.2) is 31.1 Å². The Kier molecular flexibility index (Phi) is 5.27. The Morgan fingerprint density at radius 3 is 2.54 bits per heavy atom. The number of halogens is 2. The van der Waals surface area contributed by atoms with Crippen LogP contribution in [0.3, 0.4) is 0 Å². The summed E-state index contributed by atoms with van der Waals surface area (Å²) in [5.74, 6) is -1.12. The highest BCUT2D eigenvalue weighted by atomic mass is 19.1. The van der Waals surface area contributed by atoms with Gasteiger partial charge in [-0.2, -0.15) is 0 Å². The summed E-state index contributed by atoms with van der Waals surface area (Å²) < 4.78 is 32.9. The van der Waals surface area contributed by atoms with E-state index in [9.17, 15) is 8.78 Å². The molecular formula is C20H23F2NO. The molecule has 0 saturated carbocycles. The van der Waals surface area contributed by atoms with Crippen molar-refractivity contribution in [1.29, 1.82) is 0 Å². The van der Waals surface area contributed by atoms with Crippen molar-refractivity contribution in [3.8, 4) is 11.1 Å². The molecule has 24 heavy (non-hydrogen) atoms. The lowest BCUT2D eigenvalue weighted by molar-refractivity contribution is -0.0224. The molecule has 0 aliphatic carbocycles. The second-order valence-corrected chi connectivity index (χ2v) is 6.39. The highest BCUT2D eigenvalue weighted by molar-refractivity contribution is 5.64. The fraction of sp³-hybridized carbons (Fsp3) is 0.400. The number of hydrogen-bond acceptors (Lipinski definition) is 2. The Balaban J connectivity index is 1.85. The molecule has 3 rings (SSSR count). The Morgan fingerprint density at radius 2 is 1.83 bits per heavy atom. The summed E-state index contributed by atoms with van der Waals surface area (Å²) in [6.45, 7) is 3.90. The third-order valence-corrected chi connectivity index (χ3v) is 4.83. The van der Waals surface area contributed by atoms with Crippen molar-refractivity contribution >= 4 is 0 Å². The lowest BCUT2D eigenvalue weighted by Gasteiger charge is -2.35. The number of benzene rings is 2. The van der Waals surface area contributed by atoms with E-state index in [4.69, 9.17) is 4.74 Å². The van der Waals surface area contributed by atoms with Crippen LogP contribution in [0.15, 0.2) is 42.5 Å². The average molecular weight is 331 g/mol. The van der Waals surface area contributed by atoms with E-state index in [-0.39, 0.29) is 6.10 Å². The second-order valence-electron chi connectivity index (χ2n) is 6.39. The zero-order valence-electron chi connectivity index (χ0n) is 14.1. The van der Waals surface area contributed by atoms with Crippen molar-refractivity contribution in [3.63, 3.8) is 0 Å². The summed E-state index contributed by atoms with van der Waals surface area (Å²) >= 11 is 0. The Morgan fingerprint density at radius 1 is 1.08 bits per heavy atom. The van der Waals surface area contributed by atoms with E-state index in [2.05, 4.69) is 18.9 Å². The van der Waals surface area contributed by atoms with Gasteiger partial charge < -0.3 is 9.64 Å². The van der Waals surface area contributed by atoms with Gasteiger partial charge in [-0.05, 0) is 61.3 Å². The molecule has 4 heteroatoms. The van der Waals surface area contributed by atoms with Gasteiger partial charge in [0, 0.05) is 18.7 Å². The molecule has 0 bridgehead atoms. The second kappa shape index (κ2) is 7.41. The van der Waals surface area contributed by atoms with E-state index in [1.54, 1.807) is 0 Å². The van der Waals surface area contributed by atoms with Gasteiger partial charge in [0.15, 0.2) is 0 Å². The highest BCUT2D eigenvalue weighted by Crippen LogP contribution is 2.32. The van der Waals surface area contributed by atoms with Gasteiger partial charge in [0.1, 0.15) is 11.6 Å². The van der Waals surface area contributed by atoms with Gasteiger partial charge >= 0.3 is 0 Å². The smallest absolute Gasteiger partial charge is 0.126 e. The minimum atomic E-state index is -0.561. The van der Waals surface area contributed by atoms with Crippen LogP contribution in [0.5, 0.6) is 0 Å². The third kappa shape index (κ3) is 3.82. The lowest BCUT2D eigenvalue weighted by Crippen LogP contribution is -2.37. The van der Waals surface area contributed by atoms with Crippen LogP contribution >= 0.6 is 0 Å². The Hall–Kier alpha value is -1.78. The predicted molar refractivity (Wildman–Crippen MR) is 91.8 cm³/mol. The molecule has 0 spiro atoms. The minimum absolute atomic E-state index is 0.0242. The van der Waals surface area contributed by atoms with Crippen molar-refractivity contribution in [3.05, 3.63) is 59.7 Å². The first-order valence-corrected chi connectivity index (χ1v) is 8.45. The van der Waals surface area contributed by atoms with E-state index in [0.29, 0.717) is 11.6 Å². The van der Waals surface area contributed by atoms with Gasteiger partial charge in [-0.3, -0.25) is 0 Å². The number of ether oxygens (including phenoxy) is 1. The maximum absolute atomic E-state index is 13.5. The van der Waals surface area contributed by atoms with Crippen molar-refractivity contribution in [1.82, 2.24) is 4.90 Å². The average Bonchev–Trinajstić information content (AvgIpc) is 2.60. The van der Waals surface area contributed by atoms with E-state index >= 15 is 0 Å². The first-order valence-electron chi connectivity index (χ1n) is 8.45. The first-order chi connectivity index (χ1) is 11.6. The van der Waals surface area contributed by atoms with E-state index in [1.807, 2.05) is 24.3 Å². The molecule has 2 aromatic carbocycles. The van der Waals surface area contributed by atoms with Crippen LogP contribution in [-0.2, 0) is 4.74 Å². The van der Waals surface area contributed by atoms with Crippen LogP contribution in [0.1, 0.15) is 31.4 Å². The molecule has 1 saturated heterocycles. The molecule has 0 N–H and O–H groups in total. The first kappa shape index (κ1) is 17.1. The molecule has 2 nitrogen and oxygen atoms in total. The van der Waals surface area contributed by atoms with Gasteiger partial charge in [0.2, 0.25) is 0 Å². The molecular weight excluding hydrogens is 308 g/mol. The monoisotopic (exact) mass is 331 g/mol. The zero-order valence-corrected chi connectivity index (χ0v) is 14.1. The molecule has 0 aromatic heterocycles. The van der Waals surface area contributed by atoms with Gasteiger partial charge in [0.05, 0.1) is 6.10 Å². The highest BCUT2D eigenvalue weighted by Gasteiger charge is 2.26. The minimum Gasteiger partial charge on any atom is -0.373 e. The summed E-state index contributed by atoms with van der Waals surface area (Å²) in [7, 11) is 2.14. The number of rotatable bonds is 4. The molecule has 2 atom stereocenters. The molecule has 0 amide bonds. The summed E-state index contributed by atoms with van der Waals surface area (Å²) in [4.78, 5) is 2.35. The molecule has 1 aliphatic heterocycles. The van der Waals surface area contributed by atoms with Crippen LogP contribution in [0.4, 0.5) is 8.78 Å². The molecule has 1 heterocycles. The number of nitrogens with zero attached hydrogens (tertiary/aromatic N) is 1. The summed E-state index contributed by atoms with van der Waals surface area (Å²) in [5, 5.41) is 0. The molecule has 128 valence electrons. The van der Waals surface area contributed by atoms with Crippen LogP contribution in [0.2, 0.25) is 0 Å². The van der Waals surface area contributed by atoms with Gasteiger partial charge in [-0.25, -0.2) is 8.78 Å². The Bertz CT molecular complexity index is 684. The van der Waals surface area contributed by atoms with Crippen molar-refractivity contribution in [2.24, 2.45) is 0 Å². The summed E-state index contributed by atoms with van der Waals surface area (Å²) in [6.07, 6.45) is 2.00. The maximum Gasteiger partial charge on any atom is 0.126 e. The SMILES string of the molecule is CCN(C)[C@H]1CCO[C@@H](c2cccc(-c3cc(F)cc(F)c3)c2)C1. The molecule has 1 fully saturated rings. The van der Waals surface area contributed by atoms with Gasteiger partial charge in [-0.1, -0.05) is 25.1 Å². The quantitative estimate of drug-likeness (QED) is 0.798. The van der Waals surface area contributed by atoms with Gasteiger partial charge in [0.25, 0.3) is 0 Å². The summed E-state index contributed by atoms with van der Waals surface area (Å²) in [5.41, 5.74) is 2.42. The largest absolute Gasteiger partial charge is 0.373 e. The standard InChI is InChI=1S/C20H23F2NO/c1-3-23(2)19-7-8-24-20(13-19)15-6-4-5-14(9-15)16-10-17(21)12-18(22)11-16/h4-6,9-12,19-20H,3,7-8,13H2,1-2H3/t19-,20+/m0/s1. The third-order valence-electron chi connectivity index (χ3n) is 4.83. The molecule has 0 radical (unpaired) electrons. The summed E-state index contributed by atoms with van der Waals surface area (Å²) in [6, 6.07) is 11.9.